The van der Waals surface area contributed by atoms with Crippen LogP contribution in [0.1, 0.15) is 6.92 Å². The SMILES string of the molecule is CC(CN1CCOCC1)NC#N. The molecule has 0 aromatic heterocycles. The molecule has 4 nitrogen and oxygen atoms in total. The van der Waals surface area contributed by atoms with Gasteiger partial charge >= 0.3 is 0 Å². The predicted octanol–water partition coefficient (Wildman–Crippen LogP) is -0.222. The first kappa shape index (κ1) is 9.30. The Labute approximate surface area is 73.1 Å². The number of hydrogen-bond donors (Lipinski definition) is 1. The zero-order chi connectivity index (χ0) is 8.81. The van der Waals surface area contributed by atoms with Crippen LogP contribution in [0.25, 0.3) is 0 Å². The molecule has 0 spiro atoms. The fraction of sp³-hybridized carbons (Fsp3) is 0.875. The summed E-state index contributed by atoms with van der Waals surface area (Å²) in [6, 6.07) is 0.244. The van der Waals surface area contributed by atoms with E-state index in [1.165, 1.54) is 0 Å². The van der Waals surface area contributed by atoms with Gasteiger partial charge in [0.15, 0.2) is 6.19 Å². The van der Waals surface area contributed by atoms with Crippen molar-refractivity contribution in [2.45, 2.75) is 13.0 Å². The van der Waals surface area contributed by atoms with Gasteiger partial charge in [0, 0.05) is 25.7 Å². The molecular weight excluding hydrogens is 154 g/mol. The summed E-state index contributed by atoms with van der Waals surface area (Å²) >= 11 is 0. The summed E-state index contributed by atoms with van der Waals surface area (Å²) in [6.45, 7) is 6.54. The molecule has 1 unspecified atom stereocenters. The van der Waals surface area contributed by atoms with Crippen molar-refractivity contribution in [2.24, 2.45) is 0 Å². The molecule has 0 aromatic rings. The van der Waals surface area contributed by atoms with Gasteiger partial charge in [0.25, 0.3) is 0 Å². The zero-order valence-electron chi connectivity index (χ0n) is 7.42. The van der Waals surface area contributed by atoms with Crippen molar-refractivity contribution in [2.75, 3.05) is 32.8 Å². The van der Waals surface area contributed by atoms with Crippen molar-refractivity contribution < 1.29 is 4.74 Å². The Balaban J connectivity index is 2.16. The molecule has 1 saturated heterocycles. The lowest BCUT2D eigenvalue weighted by Crippen LogP contribution is -2.43. The smallest absolute Gasteiger partial charge is 0.176 e. The highest BCUT2D eigenvalue weighted by molar-refractivity contribution is 4.76. The normalized spacial score (nSPS) is 21.3. The van der Waals surface area contributed by atoms with Gasteiger partial charge in [0.1, 0.15) is 0 Å². The summed E-state index contributed by atoms with van der Waals surface area (Å²) in [5.41, 5.74) is 0. The van der Waals surface area contributed by atoms with Crippen LogP contribution in [0.2, 0.25) is 0 Å². The Morgan fingerprint density at radius 2 is 2.25 bits per heavy atom. The van der Waals surface area contributed by atoms with Gasteiger partial charge < -0.3 is 10.1 Å². The number of morpholine rings is 1. The van der Waals surface area contributed by atoms with Crippen molar-refractivity contribution in [1.29, 1.82) is 5.26 Å². The lowest BCUT2D eigenvalue weighted by Gasteiger charge is -2.28. The largest absolute Gasteiger partial charge is 0.379 e. The quantitative estimate of drug-likeness (QED) is 0.468. The molecule has 1 heterocycles. The summed E-state index contributed by atoms with van der Waals surface area (Å²) < 4.78 is 5.21. The van der Waals surface area contributed by atoms with Crippen LogP contribution in [0.15, 0.2) is 0 Å². The molecule has 1 N–H and O–H groups in total. The highest BCUT2D eigenvalue weighted by Crippen LogP contribution is 1.97. The van der Waals surface area contributed by atoms with E-state index < -0.39 is 0 Å². The van der Waals surface area contributed by atoms with Gasteiger partial charge in [-0.3, -0.25) is 4.90 Å². The molecule has 12 heavy (non-hydrogen) atoms. The van der Waals surface area contributed by atoms with E-state index in [-0.39, 0.29) is 6.04 Å². The molecule has 0 saturated carbocycles. The van der Waals surface area contributed by atoms with Crippen LogP contribution < -0.4 is 5.32 Å². The highest BCUT2D eigenvalue weighted by atomic mass is 16.5. The van der Waals surface area contributed by atoms with Crippen molar-refractivity contribution in [3.8, 4) is 6.19 Å². The maximum absolute atomic E-state index is 8.36. The fourth-order valence-corrected chi connectivity index (χ4v) is 1.33. The van der Waals surface area contributed by atoms with Crippen LogP contribution in [0.5, 0.6) is 0 Å². The predicted molar refractivity (Wildman–Crippen MR) is 45.5 cm³/mol. The molecule has 1 aliphatic rings. The maximum atomic E-state index is 8.36. The average molecular weight is 169 g/mol. The standard InChI is InChI=1S/C8H15N3O/c1-8(10-7-9)6-11-2-4-12-5-3-11/h8,10H,2-6H2,1H3. The second kappa shape index (κ2) is 4.96. The monoisotopic (exact) mass is 169 g/mol. The third-order valence-electron chi connectivity index (χ3n) is 1.95. The fourth-order valence-electron chi connectivity index (χ4n) is 1.33. The molecule has 4 heteroatoms. The van der Waals surface area contributed by atoms with Gasteiger partial charge in [-0.25, -0.2) is 0 Å². The molecule has 1 aliphatic heterocycles. The second-order valence-electron chi connectivity index (χ2n) is 3.07. The number of nitrogens with zero attached hydrogens (tertiary/aromatic N) is 2. The number of hydrogen-bond acceptors (Lipinski definition) is 4. The Morgan fingerprint density at radius 3 is 2.83 bits per heavy atom. The Morgan fingerprint density at radius 1 is 1.58 bits per heavy atom. The molecular formula is C8H15N3O. The molecule has 0 aliphatic carbocycles. The Bertz CT molecular complexity index is 160. The van der Waals surface area contributed by atoms with Crippen LogP contribution in [0.3, 0.4) is 0 Å². The summed E-state index contributed by atoms with van der Waals surface area (Å²) in [5, 5.41) is 11.1. The Hall–Kier alpha value is -0.790. The van der Waals surface area contributed by atoms with Crippen LogP contribution in [-0.4, -0.2) is 43.8 Å². The minimum Gasteiger partial charge on any atom is -0.379 e. The van der Waals surface area contributed by atoms with Crippen LogP contribution in [0.4, 0.5) is 0 Å². The molecule has 1 fully saturated rings. The van der Waals surface area contributed by atoms with Gasteiger partial charge in [-0.2, -0.15) is 5.26 Å². The molecule has 1 rings (SSSR count). The van der Waals surface area contributed by atoms with E-state index in [2.05, 4.69) is 10.2 Å². The molecule has 0 radical (unpaired) electrons. The number of nitriles is 1. The average Bonchev–Trinajstić information content (AvgIpc) is 2.06. The van der Waals surface area contributed by atoms with Crippen LogP contribution >= 0.6 is 0 Å². The van der Waals surface area contributed by atoms with Gasteiger partial charge in [-0.15, -0.1) is 0 Å². The van der Waals surface area contributed by atoms with E-state index in [1.807, 2.05) is 13.1 Å². The highest BCUT2D eigenvalue weighted by Gasteiger charge is 2.12. The number of rotatable bonds is 3. The van der Waals surface area contributed by atoms with E-state index in [0.717, 1.165) is 32.8 Å². The Kier molecular flexibility index (Phi) is 3.85. The molecule has 0 amide bonds. The molecule has 68 valence electrons. The summed E-state index contributed by atoms with van der Waals surface area (Å²) in [7, 11) is 0. The summed E-state index contributed by atoms with van der Waals surface area (Å²) in [5.74, 6) is 0. The zero-order valence-corrected chi connectivity index (χ0v) is 7.42. The van der Waals surface area contributed by atoms with E-state index in [4.69, 9.17) is 10.00 Å². The molecule has 1 atom stereocenters. The maximum Gasteiger partial charge on any atom is 0.176 e. The lowest BCUT2D eigenvalue weighted by molar-refractivity contribution is 0.0351. The number of ether oxygens (including phenoxy) is 1. The minimum absolute atomic E-state index is 0.244. The van der Waals surface area contributed by atoms with Crippen molar-refractivity contribution >= 4 is 0 Å². The van der Waals surface area contributed by atoms with Crippen molar-refractivity contribution in [3.05, 3.63) is 0 Å². The third kappa shape index (κ3) is 3.07. The second-order valence-corrected chi connectivity index (χ2v) is 3.07. The molecule has 0 bridgehead atoms. The van der Waals surface area contributed by atoms with Gasteiger partial charge in [0.05, 0.1) is 13.2 Å². The summed E-state index contributed by atoms with van der Waals surface area (Å²) in [4.78, 5) is 2.30. The van der Waals surface area contributed by atoms with Gasteiger partial charge in [0.2, 0.25) is 0 Å². The van der Waals surface area contributed by atoms with Crippen LogP contribution in [0, 0.1) is 11.5 Å². The number of nitrogens with one attached hydrogen (secondary N) is 1. The topological polar surface area (TPSA) is 48.3 Å². The first-order valence-electron chi connectivity index (χ1n) is 4.27. The first-order valence-corrected chi connectivity index (χ1v) is 4.27. The van der Waals surface area contributed by atoms with E-state index in [9.17, 15) is 0 Å². The van der Waals surface area contributed by atoms with Gasteiger partial charge in [-0.1, -0.05) is 0 Å². The van der Waals surface area contributed by atoms with Crippen molar-refractivity contribution in [1.82, 2.24) is 10.2 Å². The van der Waals surface area contributed by atoms with E-state index >= 15 is 0 Å². The minimum atomic E-state index is 0.244. The summed E-state index contributed by atoms with van der Waals surface area (Å²) in [6.07, 6.45) is 1.95. The lowest BCUT2D eigenvalue weighted by atomic mass is 10.3. The van der Waals surface area contributed by atoms with E-state index in [1.54, 1.807) is 0 Å². The third-order valence-corrected chi connectivity index (χ3v) is 1.95. The molecule has 0 aromatic carbocycles. The first-order chi connectivity index (χ1) is 5.83. The van der Waals surface area contributed by atoms with E-state index in [0.29, 0.717) is 0 Å². The van der Waals surface area contributed by atoms with Crippen LogP contribution in [-0.2, 0) is 4.74 Å². The van der Waals surface area contributed by atoms with Gasteiger partial charge in [-0.05, 0) is 6.92 Å². The van der Waals surface area contributed by atoms with Crippen molar-refractivity contribution in [3.63, 3.8) is 0 Å².